The minimum atomic E-state index is -0.380. The van der Waals surface area contributed by atoms with Gasteiger partial charge in [-0.1, -0.05) is 25.4 Å². The van der Waals surface area contributed by atoms with Crippen LogP contribution in [-0.2, 0) is 0 Å². The predicted molar refractivity (Wildman–Crippen MR) is 107 cm³/mol. The van der Waals surface area contributed by atoms with Crippen LogP contribution >= 0.6 is 11.6 Å². The summed E-state index contributed by atoms with van der Waals surface area (Å²) in [4.78, 5) is 21.3. The number of hydrogen-bond acceptors (Lipinski definition) is 6. The summed E-state index contributed by atoms with van der Waals surface area (Å²) in [6, 6.07) is 4.82. The van der Waals surface area contributed by atoms with Gasteiger partial charge < -0.3 is 20.1 Å². The predicted octanol–water partition coefficient (Wildman–Crippen LogP) is 4.17. The Bertz CT molecular complexity index is 812. The van der Waals surface area contributed by atoms with Gasteiger partial charge in [0.2, 0.25) is 0 Å². The molecule has 0 aliphatic rings. The van der Waals surface area contributed by atoms with Crippen molar-refractivity contribution in [1.29, 1.82) is 0 Å². The van der Waals surface area contributed by atoms with E-state index < -0.39 is 0 Å². The highest BCUT2D eigenvalue weighted by Crippen LogP contribution is 2.36. The first-order chi connectivity index (χ1) is 12.8. The van der Waals surface area contributed by atoms with Crippen LogP contribution in [0.1, 0.15) is 36.6 Å². The number of carbonyl (C=O) groups is 1. The van der Waals surface area contributed by atoms with Gasteiger partial charge >= 0.3 is 0 Å². The molecule has 146 valence electrons. The van der Waals surface area contributed by atoms with E-state index in [1.54, 1.807) is 25.1 Å². The molecule has 2 rings (SSSR count). The van der Waals surface area contributed by atoms with Gasteiger partial charge in [-0.25, -0.2) is 9.97 Å². The molecule has 0 aliphatic heterocycles. The number of aromatic nitrogens is 2. The van der Waals surface area contributed by atoms with Gasteiger partial charge in [0.25, 0.3) is 5.91 Å². The molecule has 1 aromatic carbocycles. The minimum Gasteiger partial charge on any atom is -0.495 e. The molecule has 0 atom stereocenters. The first-order valence-electron chi connectivity index (χ1n) is 8.66. The number of ether oxygens (including phenoxy) is 2. The molecule has 0 saturated carbocycles. The highest BCUT2D eigenvalue weighted by atomic mass is 35.5. The fourth-order valence-electron chi connectivity index (χ4n) is 2.41. The molecule has 0 fully saturated rings. The van der Waals surface area contributed by atoms with Crippen LogP contribution in [0.5, 0.6) is 11.5 Å². The van der Waals surface area contributed by atoms with E-state index in [9.17, 15) is 4.79 Å². The summed E-state index contributed by atoms with van der Waals surface area (Å²) in [5, 5.41) is 6.41. The molecular formula is C19H25ClN4O3. The summed E-state index contributed by atoms with van der Waals surface area (Å²) < 4.78 is 10.5. The minimum absolute atomic E-state index is 0.255. The molecule has 0 saturated heterocycles. The van der Waals surface area contributed by atoms with Crippen molar-refractivity contribution in [2.75, 3.05) is 31.4 Å². The molecule has 1 amide bonds. The number of carbonyl (C=O) groups excluding carboxylic acids is 1. The van der Waals surface area contributed by atoms with Crippen molar-refractivity contribution in [2.24, 2.45) is 5.92 Å². The Kier molecular flexibility index (Phi) is 7.24. The number of anilines is 2. The number of aryl methyl sites for hydroxylation is 1. The van der Waals surface area contributed by atoms with E-state index in [1.807, 2.05) is 0 Å². The van der Waals surface area contributed by atoms with Crippen LogP contribution in [0.3, 0.4) is 0 Å². The third-order valence-corrected chi connectivity index (χ3v) is 4.12. The SMILES string of the molecule is COc1cc(NC(=O)c2cc(NCCC(C)C)nc(C)n2)c(OC)cc1Cl. The number of amides is 1. The van der Waals surface area contributed by atoms with Gasteiger partial charge in [-0.3, -0.25) is 4.79 Å². The number of methoxy groups -OCH3 is 2. The lowest BCUT2D eigenvalue weighted by Gasteiger charge is -2.14. The van der Waals surface area contributed by atoms with Gasteiger partial charge in [-0.15, -0.1) is 0 Å². The quantitative estimate of drug-likeness (QED) is 0.701. The maximum absolute atomic E-state index is 12.7. The molecule has 0 unspecified atom stereocenters. The second-order valence-corrected chi connectivity index (χ2v) is 6.84. The van der Waals surface area contributed by atoms with Crippen molar-refractivity contribution in [3.8, 4) is 11.5 Å². The molecule has 1 heterocycles. The fourth-order valence-corrected chi connectivity index (χ4v) is 2.64. The zero-order chi connectivity index (χ0) is 20.0. The van der Waals surface area contributed by atoms with Gasteiger partial charge in [-0.2, -0.15) is 0 Å². The molecular weight excluding hydrogens is 368 g/mol. The van der Waals surface area contributed by atoms with Crippen molar-refractivity contribution >= 4 is 29.0 Å². The Morgan fingerprint density at radius 2 is 1.85 bits per heavy atom. The number of benzene rings is 1. The van der Waals surface area contributed by atoms with Gasteiger partial charge in [-0.05, 0) is 19.3 Å². The Balaban J connectivity index is 2.22. The molecule has 0 bridgehead atoms. The van der Waals surface area contributed by atoms with Crippen LogP contribution in [0.25, 0.3) is 0 Å². The van der Waals surface area contributed by atoms with Crippen molar-refractivity contribution in [3.05, 3.63) is 34.7 Å². The first-order valence-corrected chi connectivity index (χ1v) is 9.04. The first kappa shape index (κ1) is 20.8. The van der Waals surface area contributed by atoms with E-state index >= 15 is 0 Å². The average Bonchev–Trinajstić information content (AvgIpc) is 2.61. The monoisotopic (exact) mass is 392 g/mol. The average molecular weight is 393 g/mol. The lowest BCUT2D eigenvalue weighted by atomic mass is 10.1. The molecule has 2 aromatic rings. The molecule has 7 nitrogen and oxygen atoms in total. The molecule has 8 heteroatoms. The molecule has 1 aromatic heterocycles. The van der Waals surface area contributed by atoms with Crippen LogP contribution in [0.15, 0.2) is 18.2 Å². The summed E-state index contributed by atoms with van der Waals surface area (Å²) in [6.45, 7) is 6.83. The Morgan fingerprint density at radius 3 is 2.48 bits per heavy atom. The summed E-state index contributed by atoms with van der Waals surface area (Å²) >= 11 is 6.10. The third-order valence-electron chi connectivity index (χ3n) is 3.82. The Hall–Kier alpha value is -2.54. The molecule has 27 heavy (non-hydrogen) atoms. The van der Waals surface area contributed by atoms with E-state index in [2.05, 4.69) is 34.4 Å². The van der Waals surface area contributed by atoms with Gasteiger partial charge in [0.1, 0.15) is 28.8 Å². The zero-order valence-electron chi connectivity index (χ0n) is 16.2. The van der Waals surface area contributed by atoms with E-state index in [0.29, 0.717) is 39.8 Å². The normalized spacial score (nSPS) is 10.6. The third kappa shape index (κ3) is 5.72. The van der Waals surface area contributed by atoms with E-state index in [4.69, 9.17) is 21.1 Å². The van der Waals surface area contributed by atoms with Gasteiger partial charge in [0.05, 0.1) is 24.9 Å². The van der Waals surface area contributed by atoms with Gasteiger partial charge in [0.15, 0.2) is 0 Å². The van der Waals surface area contributed by atoms with E-state index in [-0.39, 0.29) is 11.6 Å². The lowest BCUT2D eigenvalue weighted by Crippen LogP contribution is -2.17. The topological polar surface area (TPSA) is 85.4 Å². The molecule has 0 aliphatic carbocycles. The standard InChI is InChI=1S/C19H25ClN4O3/c1-11(2)6-7-21-18-10-15(22-12(3)23-18)19(25)24-14-9-16(26-4)13(20)8-17(14)27-5/h8-11H,6-7H2,1-5H3,(H,24,25)(H,21,22,23). The van der Waals surface area contributed by atoms with Crippen LogP contribution in [0, 0.1) is 12.8 Å². The van der Waals surface area contributed by atoms with Crippen LogP contribution in [0.2, 0.25) is 5.02 Å². The second kappa shape index (κ2) is 9.41. The van der Waals surface area contributed by atoms with E-state index in [0.717, 1.165) is 13.0 Å². The summed E-state index contributed by atoms with van der Waals surface area (Å²) in [7, 11) is 3.00. The molecule has 0 spiro atoms. The zero-order valence-corrected chi connectivity index (χ0v) is 17.0. The second-order valence-electron chi connectivity index (χ2n) is 6.44. The fraction of sp³-hybridized carbons (Fsp3) is 0.421. The highest BCUT2D eigenvalue weighted by molar-refractivity contribution is 6.32. The Labute approximate surface area is 164 Å². The highest BCUT2D eigenvalue weighted by Gasteiger charge is 2.16. The summed E-state index contributed by atoms with van der Waals surface area (Å²) in [5.41, 5.74) is 0.694. The number of halogens is 1. The molecule has 2 N–H and O–H groups in total. The van der Waals surface area contributed by atoms with Crippen LogP contribution < -0.4 is 20.1 Å². The van der Waals surface area contributed by atoms with Crippen molar-refractivity contribution < 1.29 is 14.3 Å². The van der Waals surface area contributed by atoms with Gasteiger partial charge in [0, 0.05) is 24.7 Å². The van der Waals surface area contributed by atoms with Crippen LogP contribution in [0.4, 0.5) is 11.5 Å². The Morgan fingerprint density at radius 1 is 1.15 bits per heavy atom. The maximum Gasteiger partial charge on any atom is 0.274 e. The van der Waals surface area contributed by atoms with E-state index in [1.165, 1.54) is 14.2 Å². The smallest absolute Gasteiger partial charge is 0.274 e. The summed E-state index contributed by atoms with van der Waals surface area (Å²) in [5.74, 6) is 2.19. The number of nitrogens with zero attached hydrogens (tertiary/aromatic N) is 2. The number of rotatable bonds is 8. The largest absolute Gasteiger partial charge is 0.495 e. The van der Waals surface area contributed by atoms with Crippen molar-refractivity contribution in [2.45, 2.75) is 27.2 Å². The number of nitrogens with one attached hydrogen (secondary N) is 2. The lowest BCUT2D eigenvalue weighted by molar-refractivity contribution is 0.102. The van der Waals surface area contributed by atoms with Crippen LogP contribution in [-0.4, -0.2) is 36.6 Å². The maximum atomic E-state index is 12.7. The molecule has 0 radical (unpaired) electrons. The van der Waals surface area contributed by atoms with Crippen molar-refractivity contribution in [1.82, 2.24) is 9.97 Å². The van der Waals surface area contributed by atoms with Crippen molar-refractivity contribution in [3.63, 3.8) is 0 Å². The number of hydrogen-bond donors (Lipinski definition) is 2. The summed E-state index contributed by atoms with van der Waals surface area (Å²) in [6.07, 6.45) is 1.01.